The number of allylic oxidation sites excluding steroid dienone is 2. The summed E-state index contributed by atoms with van der Waals surface area (Å²) in [6, 6.07) is 0. The zero-order chi connectivity index (χ0) is 22.8. The van der Waals surface area contributed by atoms with Crippen molar-refractivity contribution in [2.24, 2.45) is 29.1 Å². The molecule has 0 spiro atoms. The average Bonchev–Trinajstić information content (AvgIpc) is 3.11. The smallest absolute Gasteiger partial charge is 0.291 e. The molecular weight excluding hydrogens is 380 g/mol. The number of ketones is 2. The van der Waals surface area contributed by atoms with Crippen molar-refractivity contribution in [3.05, 3.63) is 38.8 Å². The van der Waals surface area contributed by atoms with Crippen LogP contribution in [0.1, 0.15) is 64.9 Å². The molecule has 0 aliphatic heterocycles. The van der Waals surface area contributed by atoms with Gasteiger partial charge >= 0.3 is 0 Å². The predicted molar refractivity (Wildman–Crippen MR) is 116 cm³/mol. The number of hydrogen-bond acceptors (Lipinski definition) is 5. The molecule has 164 valence electrons. The lowest BCUT2D eigenvalue weighted by molar-refractivity contribution is -0.126. The second-order valence-electron chi connectivity index (χ2n) is 9.58. The first kappa shape index (κ1) is 22.5. The van der Waals surface area contributed by atoms with E-state index >= 15 is 0 Å². The van der Waals surface area contributed by atoms with E-state index in [9.17, 15) is 14.4 Å². The molecule has 2 fully saturated rings. The molecule has 0 N–H and O–H groups in total. The summed E-state index contributed by atoms with van der Waals surface area (Å²) in [6.45, 7) is 15.3. The monoisotopic (exact) mass is 414 g/mol. The van der Waals surface area contributed by atoms with Crippen LogP contribution in [0.15, 0.2) is 20.9 Å². The fourth-order valence-corrected chi connectivity index (χ4v) is 6.26. The Kier molecular flexibility index (Phi) is 5.41. The van der Waals surface area contributed by atoms with Gasteiger partial charge in [0.15, 0.2) is 5.43 Å². The van der Waals surface area contributed by atoms with Crippen molar-refractivity contribution in [3.8, 4) is 5.95 Å². The minimum absolute atomic E-state index is 0.0107. The molecule has 0 bridgehead atoms. The van der Waals surface area contributed by atoms with Crippen LogP contribution in [0, 0.1) is 42.9 Å². The van der Waals surface area contributed by atoms with Crippen LogP contribution < -0.4 is 10.2 Å². The molecule has 1 heterocycles. The van der Waals surface area contributed by atoms with Gasteiger partial charge in [-0.15, -0.1) is 0 Å². The summed E-state index contributed by atoms with van der Waals surface area (Å²) >= 11 is 0. The van der Waals surface area contributed by atoms with E-state index < -0.39 is 10.8 Å². The van der Waals surface area contributed by atoms with Gasteiger partial charge in [0.2, 0.25) is 0 Å². The number of hydrogen-bond donors (Lipinski definition) is 0. The fourth-order valence-electron chi connectivity index (χ4n) is 6.26. The second-order valence-corrected chi connectivity index (χ2v) is 9.58. The van der Waals surface area contributed by atoms with Gasteiger partial charge in [0, 0.05) is 34.7 Å². The van der Waals surface area contributed by atoms with E-state index in [1.54, 1.807) is 13.8 Å². The molecule has 1 aromatic rings. The highest BCUT2D eigenvalue weighted by atomic mass is 16.6. The Bertz CT molecular complexity index is 1000. The molecule has 3 rings (SSSR count). The van der Waals surface area contributed by atoms with Crippen molar-refractivity contribution in [3.63, 3.8) is 0 Å². The van der Waals surface area contributed by atoms with Gasteiger partial charge in [0.25, 0.3) is 5.95 Å². The highest BCUT2D eigenvalue weighted by Gasteiger charge is 2.83. The number of carbonyl (C=O) groups is 2. The van der Waals surface area contributed by atoms with Gasteiger partial charge in [-0.05, 0) is 32.6 Å². The van der Waals surface area contributed by atoms with Crippen molar-refractivity contribution in [2.45, 2.75) is 67.2 Å². The van der Waals surface area contributed by atoms with Crippen LogP contribution in [-0.4, -0.2) is 18.7 Å². The van der Waals surface area contributed by atoms with Crippen molar-refractivity contribution in [1.29, 1.82) is 0 Å². The number of Topliss-reactive ketones (excluding diaryl/α,β-unsaturated/α-hetero) is 2. The zero-order valence-corrected chi connectivity index (χ0v) is 19.6. The van der Waals surface area contributed by atoms with Crippen LogP contribution in [0.4, 0.5) is 0 Å². The molecule has 0 aromatic carbocycles. The molecule has 5 heteroatoms. The predicted octanol–water partition coefficient (Wildman–Crippen LogP) is 4.56. The molecule has 30 heavy (non-hydrogen) atoms. The molecule has 2 saturated carbocycles. The Morgan fingerprint density at radius 2 is 1.80 bits per heavy atom. The Morgan fingerprint density at radius 1 is 1.20 bits per heavy atom. The van der Waals surface area contributed by atoms with Gasteiger partial charge in [-0.25, -0.2) is 0 Å². The second kappa shape index (κ2) is 7.21. The normalized spacial score (nSPS) is 34.0. The summed E-state index contributed by atoms with van der Waals surface area (Å²) in [6.07, 6.45) is 2.51. The Hall–Kier alpha value is -2.17. The highest BCUT2D eigenvalue weighted by molar-refractivity contribution is 5.97. The third-order valence-corrected chi connectivity index (χ3v) is 8.14. The lowest BCUT2D eigenvalue weighted by Gasteiger charge is -2.28. The molecule has 0 amide bonds. The van der Waals surface area contributed by atoms with E-state index in [0.29, 0.717) is 23.3 Å². The van der Waals surface area contributed by atoms with Crippen LogP contribution in [-0.2, 0) is 15.0 Å². The van der Waals surface area contributed by atoms with Crippen molar-refractivity contribution < 1.29 is 18.7 Å². The van der Waals surface area contributed by atoms with E-state index in [4.69, 9.17) is 9.15 Å². The maximum Gasteiger partial charge on any atom is 0.291 e. The largest absolute Gasteiger partial charge is 0.468 e. The van der Waals surface area contributed by atoms with E-state index in [2.05, 4.69) is 0 Å². The number of ether oxygens (including phenoxy) is 1. The van der Waals surface area contributed by atoms with E-state index in [0.717, 1.165) is 5.57 Å². The van der Waals surface area contributed by atoms with E-state index in [1.807, 2.05) is 47.6 Å². The quantitative estimate of drug-likeness (QED) is 0.638. The standard InChI is InChI=1S/C25H34O5/c1-10-17(26)12(2)11-13(3)18-14(4)21(28)24(7)20(18)25(24,8)22-15(5)19(27)16(6)23(29-9)30-22/h11-12,14,18,20H,10H2,1-9H3/b13-11+/t12-,14+,18+,20?,24-,25?/m1/s1. The molecule has 5 nitrogen and oxygen atoms in total. The van der Waals surface area contributed by atoms with Crippen molar-refractivity contribution in [1.82, 2.24) is 0 Å². The van der Waals surface area contributed by atoms with Crippen molar-refractivity contribution >= 4 is 11.6 Å². The summed E-state index contributed by atoms with van der Waals surface area (Å²) in [5.41, 5.74) is 0.763. The third kappa shape index (κ3) is 2.70. The fraction of sp³-hybridized carbons (Fsp3) is 0.640. The van der Waals surface area contributed by atoms with Crippen LogP contribution in [0.2, 0.25) is 0 Å². The van der Waals surface area contributed by atoms with E-state index in [-0.39, 0.29) is 46.6 Å². The molecule has 1 aromatic heterocycles. The number of methoxy groups -OCH3 is 1. The molecule has 0 saturated heterocycles. The Labute approximate surface area is 178 Å². The first-order valence-electron chi connectivity index (χ1n) is 10.8. The number of fused-ring (bicyclic) bond motifs is 1. The molecule has 2 unspecified atom stereocenters. The highest BCUT2D eigenvalue weighted by Crippen LogP contribution is 2.79. The average molecular weight is 415 g/mol. The maximum atomic E-state index is 13.4. The summed E-state index contributed by atoms with van der Waals surface area (Å²) in [5, 5.41) is 0. The molecule has 6 atom stereocenters. The molecule has 2 aliphatic rings. The van der Waals surface area contributed by atoms with Gasteiger partial charge < -0.3 is 9.15 Å². The Morgan fingerprint density at radius 3 is 2.33 bits per heavy atom. The maximum absolute atomic E-state index is 13.4. The molecule has 0 radical (unpaired) electrons. The summed E-state index contributed by atoms with van der Waals surface area (Å²) in [4.78, 5) is 38.4. The van der Waals surface area contributed by atoms with Crippen LogP contribution in [0.3, 0.4) is 0 Å². The van der Waals surface area contributed by atoms with Crippen molar-refractivity contribution in [2.75, 3.05) is 7.11 Å². The minimum Gasteiger partial charge on any atom is -0.468 e. The number of rotatable bonds is 6. The van der Waals surface area contributed by atoms with Crippen LogP contribution >= 0.6 is 0 Å². The van der Waals surface area contributed by atoms with Gasteiger partial charge in [0.05, 0.1) is 12.7 Å². The van der Waals surface area contributed by atoms with E-state index in [1.165, 1.54) is 7.11 Å². The van der Waals surface area contributed by atoms with Gasteiger partial charge in [-0.1, -0.05) is 46.3 Å². The third-order valence-electron chi connectivity index (χ3n) is 8.14. The molecule has 2 aliphatic carbocycles. The first-order chi connectivity index (χ1) is 13.9. The minimum atomic E-state index is -0.606. The lowest BCUT2D eigenvalue weighted by Crippen LogP contribution is -2.32. The zero-order valence-electron chi connectivity index (χ0n) is 19.6. The Balaban J connectivity index is 2.12. The van der Waals surface area contributed by atoms with Gasteiger partial charge in [-0.2, -0.15) is 0 Å². The first-order valence-corrected chi connectivity index (χ1v) is 10.8. The van der Waals surface area contributed by atoms with Crippen LogP contribution in [0.25, 0.3) is 0 Å². The lowest BCUT2D eigenvalue weighted by atomic mass is 9.76. The topological polar surface area (TPSA) is 73.6 Å². The summed E-state index contributed by atoms with van der Waals surface area (Å²) in [7, 11) is 1.48. The molecular formula is C25H34O5. The SMILES string of the molecule is CCC(=O)[C@H](C)/C=C(\C)[C@@H]1C2C(C)(c3oc(OC)c(C)c(=O)c3C)[C@@]2(C)C(=O)[C@H]1C. The summed E-state index contributed by atoms with van der Waals surface area (Å²) in [5.74, 6) is 0.876. The summed E-state index contributed by atoms with van der Waals surface area (Å²) < 4.78 is 11.4. The van der Waals surface area contributed by atoms with Gasteiger partial charge in [0.1, 0.15) is 17.3 Å². The number of carbonyl (C=O) groups excluding carboxylic acids is 2. The van der Waals surface area contributed by atoms with Crippen LogP contribution in [0.5, 0.6) is 5.95 Å². The van der Waals surface area contributed by atoms with Gasteiger partial charge in [-0.3, -0.25) is 14.4 Å².